The molecule has 0 aliphatic carbocycles. The van der Waals surface area contributed by atoms with Crippen molar-refractivity contribution in [2.24, 2.45) is 5.10 Å². The van der Waals surface area contributed by atoms with Crippen molar-refractivity contribution in [3.63, 3.8) is 0 Å². The largest absolute Gasteiger partial charge is 0.388 e. The fourth-order valence-electron chi connectivity index (χ4n) is 4.74. The van der Waals surface area contributed by atoms with E-state index in [0.717, 1.165) is 31.5 Å². The Morgan fingerprint density at radius 3 is 2.17 bits per heavy atom. The van der Waals surface area contributed by atoms with E-state index in [-0.39, 0.29) is 22.3 Å². The standard InChI is InChI=1S/C33H45N7O5S/c1-34-29-18-23-40(24-19-29)22-12-8-6-4-2-3-5-7-9-15-32(41)35-20-21-36-33(42)28-16-17-31(37-25-28)39-38-26-27-13-10-11-14-30(27)46(43,44)45/h10-11,13-14,16-19,23-26H,2-9,12,15,20-22H2,1H3,(H4,35,36,37,39,41,42,43,44,45)/p+1/b38-26-. The number of hydrogen-bond acceptors (Lipinski definition) is 8. The minimum Gasteiger partial charge on any atom is -0.388 e. The number of benzene rings is 1. The molecule has 0 atom stereocenters. The van der Waals surface area contributed by atoms with Crippen LogP contribution in [0.1, 0.15) is 80.1 Å². The molecular weight excluding hydrogens is 606 g/mol. The van der Waals surface area contributed by atoms with Gasteiger partial charge in [-0.25, -0.2) is 9.55 Å². The zero-order valence-corrected chi connectivity index (χ0v) is 27.3. The maximum absolute atomic E-state index is 12.4. The SMILES string of the molecule is CNc1cc[n+](CCCCCCCCCCCC(=O)NCCNC(=O)c2ccc(N/N=C\c3ccccc3S(=O)(=O)O)nc2)cc1. The molecule has 3 rings (SSSR count). The molecule has 2 heterocycles. The fraction of sp³-hybridized carbons (Fsp3) is 0.424. The molecule has 0 aliphatic heterocycles. The summed E-state index contributed by atoms with van der Waals surface area (Å²) in [4.78, 5) is 28.4. The molecule has 0 saturated heterocycles. The highest BCUT2D eigenvalue weighted by atomic mass is 32.2. The van der Waals surface area contributed by atoms with Crippen LogP contribution in [0.25, 0.3) is 0 Å². The van der Waals surface area contributed by atoms with Crippen molar-refractivity contribution in [2.45, 2.75) is 75.6 Å². The Balaban J connectivity index is 1.17. The number of nitrogens with zero attached hydrogens (tertiary/aromatic N) is 3. The van der Waals surface area contributed by atoms with Crippen LogP contribution >= 0.6 is 0 Å². The van der Waals surface area contributed by atoms with Gasteiger partial charge in [-0.2, -0.15) is 13.5 Å². The van der Waals surface area contributed by atoms with Crippen molar-refractivity contribution in [1.29, 1.82) is 0 Å². The third-order valence-electron chi connectivity index (χ3n) is 7.34. The number of aromatic nitrogens is 2. The average molecular weight is 653 g/mol. The first-order valence-corrected chi connectivity index (χ1v) is 17.2. The minimum absolute atomic E-state index is 0.00965. The van der Waals surface area contributed by atoms with Crippen LogP contribution in [0.3, 0.4) is 0 Å². The third-order valence-corrected chi connectivity index (χ3v) is 8.27. The van der Waals surface area contributed by atoms with Gasteiger partial charge in [0.25, 0.3) is 16.0 Å². The summed E-state index contributed by atoms with van der Waals surface area (Å²) in [5.41, 5.74) is 4.32. The first-order valence-electron chi connectivity index (χ1n) is 15.8. The lowest BCUT2D eigenvalue weighted by atomic mass is 10.1. The number of hydrazone groups is 1. The molecule has 3 aromatic rings. The molecular formula is C33H46N7O5S+. The van der Waals surface area contributed by atoms with Gasteiger partial charge in [0.2, 0.25) is 5.91 Å². The summed E-state index contributed by atoms with van der Waals surface area (Å²) in [5, 5.41) is 12.7. The van der Waals surface area contributed by atoms with E-state index in [1.54, 1.807) is 18.2 Å². The molecule has 2 aromatic heterocycles. The van der Waals surface area contributed by atoms with E-state index in [1.807, 2.05) is 7.05 Å². The molecule has 0 radical (unpaired) electrons. The van der Waals surface area contributed by atoms with Crippen molar-refractivity contribution in [2.75, 3.05) is 30.9 Å². The lowest BCUT2D eigenvalue weighted by Gasteiger charge is -2.08. The van der Waals surface area contributed by atoms with Crippen LogP contribution in [0, 0.1) is 0 Å². The Kier molecular flexibility index (Phi) is 15.6. The predicted molar refractivity (Wildman–Crippen MR) is 179 cm³/mol. The average Bonchev–Trinajstić information content (AvgIpc) is 3.06. The predicted octanol–water partition coefficient (Wildman–Crippen LogP) is 4.55. The minimum atomic E-state index is -4.38. The van der Waals surface area contributed by atoms with E-state index in [2.05, 4.69) is 60.6 Å². The smallest absolute Gasteiger partial charge is 0.295 e. The molecule has 0 fully saturated rings. The van der Waals surface area contributed by atoms with Gasteiger partial charge in [0.15, 0.2) is 12.4 Å². The van der Waals surface area contributed by atoms with Crippen molar-refractivity contribution >= 4 is 39.7 Å². The quantitative estimate of drug-likeness (QED) is 0.0368. The maximum atomic E-state index is 12.4. The number of rotatable bonds is 21. The summed E-state index contributed by atoms with van der Waals surface area (Å²) in [6.07, 6.45) is 17.8. The second kappa shape index (κ2) is 19.9. The molecule has 248 valence electrons. The Morgan fingerprint density at radius 2 is 1.52 bits per heavy atom. The summed E-state index contributed by atoms with van der Waals surface area (Å²) >= 11 is 0. The van der Waals surface area contributed by atoms with Crippen LogP contribution in [0.5, 0.6) is 0 Å². The van der Waals surface area contributed by atoms with Crippen LogP contribution in [0.2, 0.25) is 0 Å². The molecule has 0 saturated carbocycles. The van der Waals surface area contributed by atoms with Gasteiger partial charge in [-0.05, 0) is 31.0 Å². The summed E-state index contributed by atoms with van der Waals surface area (Å²) in [6, 6.07) is 13.2. The number of pyridine rings is 2. The lowest BCUT2D eigenvalue weighted by Crippen LogP contribution is -2.34. The number of aryl methyl sites for hydroxylation is 1. The van der Waals surface area contributed by atoms with Crippen molar-refractivity contribution in [3.05, 3.63) is 78.2 Å². The third kappa shape index (κ3) is 13.7. The van der Waals surface area contributed by atoms with Crippen LogP contribution in [-0.2, 0) is 21.5 Å². The summed E-state index contributed by atoms with van der Waals surface area (Å²) in [5.74, 6) is 0.00348. The van der Waals surface area contributed by atoms with E-state index < -0.39 is 10.1 Å². The highest BCUT2D eigenvalue weighted by Gasteiger charge is 2.13. The zero-order chi connectivity index (χ0) is 33.0. The van der Waals surface area contributed by atoms with E-state index in [4.69, 9.17) is 0 Å². The molecule has 0 unspecified atom stereocenters. The number of anilines is 2. The second-order valence-corrected chi connectivity index (χ2v) is 12.3. The molecule has 12 nitrogen and oxygen atoms in total. The monoisotopic (exact) mass is 652 g/mol. The van der Waals surface area contributed by atoms with Gasteiger partial charge in [-0.15, -0.1) is 0 Å². The zero-order valence-electron chi connectivity index (χ0n) is 26.5. The van der Waals surface area contributed by atoms with Crippen molar-refractivity contribution < 1.29 is 27.1 Å². The normalized spacial score (nSPS) is 11.3. The molecule has 1 aromatic carbocycles. The highest BCUT2D eigenvalue weighted by Crippen LogP contribution is 2.14. The first-order chi connectivity index (χ1) is 22.3. The maximum Gasteiger partial charge on any atom is 0.295 e. The Hall–Kier alpha value is -4.36. The molecule has 13 heteroatoms. The van der Waals surface area contributed by atoms with Gasteiger partial charge in [-0.3, -0.25) is 19.6 Å². The topological polar surface area (TPSA) is 166 Å². The Morgan fingerprint density at radius 1 is 0.870 bits per heavy atom. The number of carbonyl (C=O) groups excluding carboxylic acids is 2. The molecule has 46 heavy (non-hydrogen) atoms. The summed E-state index contributed by atoms with van der Waals surface area (Å²) in [6.45, 7) is 1.70. The number of hydrogen-bond donors (Lipinski definition) is 5. The second-order valence-electron chi connectivity index (χ2n) is 10.9. The van der Waals surface area contributed by atoms with Crippen molar-refractivity contribution in [1.82, 2.24) is 15.6 Å². The van der Waals surface area contributed by atoms with E-state index >= 15 is 0 Å². The van der Waals surface area contributed by atoms with Gasteiger partial charge in [0, 0.05) is 62.6 Å². The Bertz CT molecular complexity index is 1500. The molecule has 0 spiro atoms. The summed E-state index contributed by atoms with van der Waals surface area (Å²) in [7, 11) is -2.45. The highest BCUT2D eigenvalue weighted by molar-refractivity contribution is 7.86. The molecule has 0 aliphatic rings. The van der Waals surface area contributed by atoms with E-state index in [9.17, 15) is 22.6 Å². The summed E-state index contributed by atoms with van der Waals surface area (Å²) < 4.78 is 34.5. The van der Waals surface area contributed by atoms with Crippen LogP contribution in [-0.4, -0.2) is 56.1 Å². The first kappa shape index (κ1) is 36.1. The van der Waals surface area contributed by atoms with Crippen molar-refractivity contribution in [3.8, 4) is 0 Å². The van der Waals surface area contributed by atoms with Crippen LogP contribution in [0.15, 0.2) is 77.1 Å². The number of carbonyl (C=O) groups is 2. The lowest BCUT2D eigenvalue weighted by molar-refractivity contribution is -0.697. The molecule has 0 bridgehead atoms. The van der Waals surface area contributed by atoms with Gasteiger partial charge in [-0.1, -0.05) is 56.7 Å². The van der Waals surface area contributed by atoms with E-state index in [0.29, 0.717) is 30.9 Å². The fourth-order valence-corrected chi connectivity index (χ4v) is 5.41. The van der Waals surface area contributed by atoms with Crippen LogP contribution < -0.4 is 25.9 Å². The van der Waals surface area contributed by atoms with Gasteiger partial charge >= 0.3 is 0 Å². The molecule has 2 amide bonds. The number of amides is 2. The number of nitrogens with one attached hydrogen (secondary N) is 4. The van der Waals surface area contributed by atoms with Gasteiger partial charge in [0.1, 0.15) is 17.3 Å². The van der Waals surface area contributed by atoms with E-state index in [1.165, 1.54) is 69.1 Å². The van der Waals surface area contributed by atoms with Gasteiger partial charge < -0.3 is 16.0 Å². The Labute approximate surface area is 271 Å². The van der Waals surface area contributed by atoms with Crippen LogP contribution in [0.4, 0.5) is 11.5 Å². The molecule has 5 N–H and O–H groups in total. The number of unbranched alkanes of at least 4 members (excludes halogenated alkanes) is 8. The van der Waals surface area contributed by atoms with Gasteiger partial charge in [0.05, 0.1) is 11.8 Å².